The summed E-state index contributed by atoms with van der Waals surface area (Å²) < 4.78 is 30.5. The van der Waals surface area contributed by atoms with E-state index in [1.54, 1.807) is 0 Å². The number of rotatable bonds is 12. The summed E-state index contributed by atoms with van der Waals surface area (Å²) in [7, 11) is 3.99. The lowest BCUT2D eigenvalue weighted by molar-refractivity contribution is -0.143. The highest BCUT2D eigenvalue weighted by Gasteiger charge is 2.31. The van der Waals surface area contributed by atoms with Crippen molar-refractivity contribution in [3.8, 4) is 17.2 Å². The summed E-state index contributed by atoms with van der Waals surface area (Å²) in [6.45, 7) is -0.410. The van der Waals surface area contributed by atoms with Crippen LogP contribution in [0.1, 0.15) is 53.7 Å². The van der Waals surface area contributed by atoms with E-state index in [4.69, 9.17) is 14.2 Å². The predicted octanol–water partition coefficient (Wildman–Crippen LogP) is 5.18. The Balaban J connectivity index is 1.52. The first-order valence-corrected chi connectivity index (χ1v) is 13.8. The molecule has 0 atom stereocenters. The standard InChI is InChI=1S/C33H36O9/c1-37-31(34)19-40-28-10-4-22(5-11-28)25-16-26(23-6-12-29(13-7-23)41-20-32(35)38-2)18-27(17-25)24-8-14-30(15-9-24)42-21-33(36)39-3/h4-15,25-27H,16-21H2,1-3H3. The minimum atomic E-state index is -0.430. The molecule has 3 aromatic carbocycles. The highest BCUT2D eigenvalue weighted by molar-refractivity contribution is 5.71. The largest absolute Gasteiger partial charge is 0.482 e. The minimum Gasteiger partial charge on any atom is -0.482 e. The van der Waals surface area contributed by atoms with E-state index in [1.807, 2.05) is 36.4 Å². The molecule has 1 saturated carbocycles. The van der Waals surface area contributed by atoms with E-state index < -0.39 is 17.9 Å². The third kappa shape index (κ3) is 8.49. The molecule has 1 fully saturated rings. The van der Waals surface area contributed by atoms with Gasteiger partial charge in [0.05, 0.1) is 21.3 Å². The topological polar surface area (TPSA) is 107 Å². The second-order valence-electron chi connectivity index (χ2n) is 10.1. The van der Waals surface area contributed by atoms with Gasteiger partial charge in [0.1, 0.15) is 17.2 Å². The van der Waals surface area contributed by atoms with Crippen LogP contribution in [0.15, 0.2) is 72.8 Å². The fraction of sp³-hybridized carbons (Fsp3) is 0.364. The molecular weight excluding hydrogens is 540 g/mol. The lowest BCUT2D eigenvalue weighted by Gasteiger charge is -2.36. The highest BCUT2D eigenvalue weighted by atomic mass is 16.6. The first kappa shape index (κ1) is 30.4. The van der Waals surface area contributed by atoms with E-state index in [0.717, 1.165) is 19.3 Å². The average molecular weight is 577 g/mol. The van der Waals surface area contributed by atoms with Crippen LogP contribution < -0.4 is 14.2 Å². The minimum absolute atomic E-state index is 0.137. The number of hydrogen-bond donors (Lipinski definition) is 0. The zero-order valence-electron chi connectivity index (χ0n) is 24.1. The Labute approximate surface area is 245 Å². The molecule has 222 valence electrons. The molecule has 4 rings (SSSR count). The molecule has 42 heavy (non-hydrogen) atoms. The van der Waals surface area contributed by atoms with Crippen molar-refractivity contribution < 1.29 is 42.8 Å². The van der Waals surface area contributed by atoms with Crippen LogP contribution in [0.5, 0.6) is 17.2 Å². The van der Waals surface area contributed by atoms with Gasteiger partial charge in [-0.05, 0) is 90.1 Å². The maximum Gasteiger partial charge on any atom is 0.343 e. The first-order chi connectivity index (χ1) is 20.4. The van der Waals surface area contributed by atoms with Crippen LogP contribution in [0.3, 0.4) is 0 Å². The zero-order valence-corrected chi connectivity index (χ0v) is 24.1. The van der Waals surface area contributed by atoms with Crippen LogP contribution >= 0.6 is 0 Å². The van der Waals surface area contributed by atoms with Gasteiger partial charge >= 0.3 is 17.9 Å². The van der Waals surface area contributed by atoms with Crippen LogP contribution in [0, 0.1) is 0 Å². The summed E-state index contributed by atoms with van der Waals surface area (Å²) in [5.41, 5.74) is 3.60. The quantitative estimate of drug-likeness (QED) is 0.213. The van der Waals surface area contributed by atoms with Crippen LogP contribution in [-0.2, 0) is 28.6 Å². The van der Waals surface area contributed by atoms with Crippen molar-refractivity contribution in [1.29, 1.82) is 0 Å². The molecular formula is C33H36O9. The van der Waals surface area contributed by atoms with Gasteiger partial charge in [0.15, 0.2) is 19.8 Å². The number of esters is 3. The van der Waals surface area contributed by atoms with Crippen molar-refractivity contribution in [2.24, 2.45) is 0 Å². The van der Waals surface area contributed by atoms with E-state index >= 15 is 0 Å². The van der Waals surface area contributed by atoms with E-state index in [1.165, 1.54) is 38.0 Å². The Morgan fingerprint density at radius 2 is 0.714 bits per heavy atom. The van der Waals surface area contributed by atoms with Crippen molar-refractivity contribution in [1.82, 2.24) is 0 Å². The summed E-state index contributed by atoms with van der Waals surface area (Å²) >= 11 is 0. The second-order valence-corrected chi connectivity index (χ2v) is 10.1. The molecule has 1 aliphatic carbocycles. The summed E-state index contributed by atoms with van der Waals surface area (Å²) in [4.78, 5) is 34.3. The van der Waals surface area contributed by atoms with E-state index in [0.29, 0.717) is 17.2 Å². The van der Waals surface area contributed by atoms with E-state index in [9.17, 15) is 14.4 Å². The summed E-state index contributed by atoms with van der Waals surface area (Å²) in [6, 6.07) is 23.7. The van der Waals surface area contributed by atoms with Gasteiger partial charge in [0, 0.05) is 0 Å². The normalized spacial score (nSPS) is 17.9. The zero-order chi connectivity index (χ0) is 29.9. The van der Waals surface area contributed by atoms with Gasteiger partial charge in [-0.3, -0.25) is 0 Å². The Morgan fingerprint density at radius 3 is 0.929 bits per heavy atom. The van der Waals surface area contributed by atoms with Crippen LogP contribution in [-0.4, -0.2) is 59.1 Å². The number of hydrogen-bond acceptors (Lipinski definition) is 9. The molecule has 9 heteroatoms. The average Bonchev–Trinajstić information content (AvgIpc) is 3.05. The number of carbonyl (C=O) groups is 3. The van der Waals surface area contributed by atoms with Crippen molar-refractivity contribution in [3.05, 3.63) is 89.5 Å². The Kier molecular flexibility index (Phi) is 10.8. The van der Waals surface area contributed by atoms with Gasteiger partial charge in [-0.1, -0.05) is 36.4 Å². The monoisotopic (exact) mass is 576 g/mol. The van der Waals surface area contributed by atoms with Gasteiger partial charge in [-0.15, -0.1) is 0 Å². The fourth-order valence-corrected chi connectivity index (χ4v) is 5.25. The lowest BCUT2D eigenvalue weighted by Crippen LogP contribution is -2.20. The van der Waals surface area contributed by atoms with Crippen molar-refractivity contribution in [2.45, 2.75) is 37.0 Å². The van der Waals surface area contributed by atoms with Gasteiger partial charge in [0.2, 0.25) is 0 Å². The van der Waals surface area contributed by atoms with Gasteiger partial charge in [0.25, 0.3) is 0 Å². The van der Waals surface area contributed by atoms with Gasteiger partial charge in [-0.25, -0.2) is 14.4 Å². The summed E-state index contributed by atoms with van der Waals surface area (Å²) in [6.07, 6.45) is 2.88. The lowest BCUT2D eigenvalue weighted by atomic mass is 9.68. The maximum atomic E-state index is 11.4. The van der Waals surface area contributed by atoms with E-state index in [-0.39, 0.29) is 37.6 Å². The smallest absolute Gasteiger partial charge is 0.343 e. The predicted molar refractivity (Wildman–Crippen MR) is 154 cm³/mol. The van der Waals surface area contributed by atoms with Crippen LogP contribution in [0.2, 0.25) is 0 Å². The van der Waals surface area contributed by atoms with Gasteiger partial charge < -0.3 is 28.4 Å². The number of carbonyl (C=O) groups excluding carboxylic acids is 3. The SMILES string of the molecule is COC(=O)COc1ccc(C2CC(c3ccc(OCC(=O)OC)cc3)CC(c3ccc(OCC(=O)OC)cc3)C2)cc1. The molecule has 0 amide bonds. The molecule has 0 spiro atoms. The van der Waals surface area contributed by atoms with Crippen molar-refractivity contribution >= 4 is 17.9 Å². The van der Waals surface area contributed by atoms with Gasteiger partial charge in [-0.2, -0.15) is 0 Å². The molecule has 0 aliphatic heterocycles. The highest BCUT2D eigenvalue weighted by Crippen LogP contribution is 2.48. The summed E-state index contributed by atoms with van der Waals surface area (Å²) in [5, 5.41) is 0. The Bertz CT molecular complexity index is 1150. The third-order valence-electron chi connectivity index (χ3n) is 7.51. The molecule has 3 aromatic rings. The molecule has 0 N–H and O–H groups in total. The molecule has 0 unspecified atom stereocenters. The van der Waals surface area contributed by atoms with Crippen LogP contribution in [0.4, 0.5) is 0 Å². The maximum absolute atomic E-state index is 11.4. The fourth-order valence-electron chi connectivity index (χ4n) is 5.25. The first-order valence-electron chi connectivity index (χ1n) is 13.8. The number of benzene rings is 3. The summed E-state index contributed by atoms with van der Waals surface area (Å²) in [5.74, 6) is 1.40. The van der Waals surface area contributed by atoms with Crippen molar-refractivity contribution in [2.75, 3.05) is 41.2 Å². The Hall–Kier alpha value is -4.53. The molecule has 0 heterocycles. The van der Waals surface area contributed by atoms with Crippen molar-refractivity contribution in [3.63, 3.8) is 0 Å². The Morgan fingerprint density at radius 1 is 0.476 bits per heavy atom. The molecule has 0 aromatic heterocycles. The third-order valence-corrected chi connectivity index (χ3v) is 7.51. The molecule has 9 nitrogen and oxygen atoms in total. The molecule has 0 bridgehead atoms. The van der Waals surface area contributed by atoms with Crippen LogP contribution in [0.25, 0.3) is 0 Å². The van der Waals surface area contributed by atoms with E-state index in [2.05, 4.69) is 50.6 Å². The number of methoxy groups -OCH3 is 3. The molecule has 0 radical (unpaired) electrons. The molecule has 1 aliphatic rings. The number of ether oxygens (including phenoxy) is 6. The second kappa shape index (κ2) is 14.9. The molecule has 0 saturated heterocycles.